The van der Waals surface area contributed by atoms with E-state index in [2.05, 4.69) is 20.9 Å². The molecule has 3 aromatic rings. The van der Waals surface area contributed by atoms with Crippen LogP contribution in [0.1, 0.15) is 10.4 Å². The molecule has 2 heterocycles. The molecule has 0 saturated carbocycles. The van der Waals surface area contributed by atoms with Gasteiger partial charge in [0, 0.05) is 11.8 Å². The number of rotatable bonds is 2. The lowest BCUT2D eigenvalue weighted by Crippen LogP contribution is -1.96. The molecule has 94 valence electrons. The van der Waals surface area contributed by atoms with Crippen molar-refractivity contribution < 1.29 is 9.90 Å². The van der Waals surface area contributed by atoms with Crippen molar-refractivity contribution in [3.05, 3.63) is 58.8 Å². The number of hydrogen-bond donors (Lipinski definition) is 1. The predicted octanol–water partition coefficient (Wildman–Crippen LogP) is 3.46. The van der Waals surface area contributed by atoms with Crippen molar-refractivity contribution in [3.63, 3.8) is 0 Å². The number of pyridine rings is 1. The molecule has 3 rings (SSSR count). The van der Waals surface area contributed by atoms with Gasteiger partial charge in [-0.25, -0.2) is 9.78 Å². The number of carboxylic acid groups (broad SMARTS) is 1. The summed E-state index contributed by atoms with van der Waals surface area (Å²) in [6.07, 6.45) is 1.92. The maximum atomic E-state index is 10.8. The molecule has 0 aliphatic rings. The Bertz CT molecular complexity index is 763. The maximum absolute atomic E-state index is 10.8. The summed E-state index contributed by atoms with van der Waals surface area (Å²) < 4.78 is 2.73. The van der Waals surface area contributed by atoms with Crippen molar-refractivity contribution in [2.24, 2.45) is 0 Å². The number of imidazole rings is 1. The van der Waals surface area contributed by atoms with Gasteiger partial charge in [-0.3, -0.25) is 4.40 Å². The van der Waals surface area contributed by atoms with Crippen LogP contribution in [0.3, 0.4) is 0 Å². The molecular weight excluding hydrogens is 308 g/mol. The summed E-state index contributed by atoms with van der Waals surface area (Å²) in [6.45, 7) is 0. The van der Waals surface area contributed by atoms with Gasteiger partial charge in [0.1, 0.15) is 10.4 Å². The zero-order valence-corrected chi connectivity index (χ0v) is 11.3. The zero-order chi connectivity index (χ0) is 13.4. The summed E-state index contributed by atoms with van der Waals surface area (Å²) in [4.78, 5) is 15.3. The van der Waals surface area contributed by atoms with Gasteiger partial charge < -0.3 is 5.11 Å². The Morgan fingerprint density at radius 1 is 1.16 bits per heavy atom. The molecular formula is C14H9BrN2O2. The van der Waals surface area contributed by atoms with E-state index in [1.54, 1.807) is 24.3 Å². The van der Waals surface area contributed by atoms with E-state index in [0.717, 1.165) is 21.5 Å². The number of aromatic nitrogens is 2. The molecule has 0 unspecified atom stereocenters. The second-order valence-electron chi connectivity index (χ2n) is 4.06. The van der Waals surface area contributed by atoms with E-state index in [1.807, 2.05) is 28.8 Å². The van der Waals surface area contributed by atoms with E-state index >= 15 is 0 Å². The van der Waals surface area contributed by atoms with Crippen LogP contribution in [0.15, 0.2) is 53.3 Å². The first-order valence-electron chi connectivity index (χ1n) is 5.63. The fourth-order valence-corrected chi connectivity index (χ4v) is 2.46. The van der Waals surface area contributed by atoms with Crippen LogP contribution in [-0.4, -0.2) is 20.5 Å². The number of carbonyl (C=O) groups is 1. The predicted molar refractivity (Wildman–Crippen MR) is 75.3 cm³/mol. The molecule has 1 N–H and O–H groups in total. The topological polar surface area (TPSA) is 54.6 Å². The van der Waals surface area contributed by atoms with Gasteiger partial charge in [-0.15, -0.1) is 0 Å². The minimum absolute atomic E-state index is 0.267. The van der Waals surface area contributed by atoms with Crippen molar-refractivity contribution in [2.75, 3.05) is 0 Å². The van der Waals surface area contributed by atoms with E-state index in [4.69, 9.17) is 5.11 Å². The highest BCUT2D eigenvalue weighted by Crippen LogP contribution is 2.26. The van der Waals surface area contributed by atoms with E-state index in [1.165, 1.54) is 0 Å². The van der Waals surface area contributed by atoms with Gasteiger partial charge in [-0.05, 0) is 40.2 Å². The highest BCUT2D eigenvalue weighted by molar-refractivity contribution is 9.10. The van der Waals surface area contributed by atoms with Crippen LogP contribution in [0.25, 0.3) is 16.9 Å². The lowest BCUT2D eigenvalue weighted by Gasteiger charge is -2.01. The lowest BCUT2D eigenvalue weighted by molar-refractivity contribution is 0.0697. The molecule has 0 radical (unpaired) electrons. The number of halogens is 1. The summed E-state index contributed by atoms with van der Waals surface area (Å²) in [7, 11) is 0. The third-order valence-corrected chi connectivity index (χ3v) is 3.48. The van der Waals surface area contributed by atoms with Crippen LogP contribution in [0.5, 0.6) is 0 Å². The van der Waals surface area contributed by atoms with Crippen LogP contribution in [0.2, 0.25) is 0 Å². The highest BCUT2D eigenvalue weighted by atomic mass is 79.9. The largest absolute Gasteiger partial charge is 0.478 e. The van der Waals surface area contributed by atoms with Crippen molar-refractivity contribution >= 4 is 27.4 Å². The molecule has 0 aliphatic heterocycles. The Morgan fingerprint density at radius 2 is 1.89 bits per heavy atom. The van der Waals surface area contributed by atoms with Gasteiger partial charge in [-0.1, -0.05) is 18.2 Å². The SMILES string of the molecule is O=C(O)c1ccc(-c2nc(Br)c3ccccn23)cc1. The van der Waals surface area contributed by atoms with Crippen LogP contribution >= 0.6 is 15.9 Å². The maximum Gasteiger partial charge on any atom is 0.335 e. The molecule has 0 spiro atoms. The lowest BCUT2D eigenvalue weighted by atomic mass is 10.1. The molecule has 0 atom stereocenters. The summed E-state index contributed by atoms with van der Waals surface area (Å²) in [6, 6.07) is 12.5. The fraction of sp³-hybridized carbons (Fsp3) is 0. The van der Waals surface area contributed by atoms with Gasteiger partial charge in [0.2, 0.25) is 0 Å². The molecule has 19 heavy (non-hydrogen) atoms. The Hall–Kier alpha value is -2.14. The van der Waals surface area contributed by atoms with Gasteiger partial charge in [0.15, 0.2) is 0 Å². The number of benzene rings is 1. The van der Waals surface area contributed by atoms with Gasteiger partial charge in [0.25, 0.3) is 0 Å². The Morgan fingerprint density at radius 3 is 2.58 bits per heavy atom. The highest BCUT2D eigenvalue weighted by Gasteiger charge is 2.11. The minimum Gasteiger partial charge on any atom is -0.478 e. The molecule has 1 aromatic carbocycles. The second kappa shape index (κ2) is 4.51. The number of carboxylic acids is 1. The Kier molecular flexibility index (Phi) is 2.83. The normalized spacial score (nSPS) is 10.8. The fourth-order valence-electron chi connectivity index (χ4n) is 1.97. The molecule has 0 bridgehead atoms. The van der Waals surface area contributed by atoms with Crippen molar-refractivity contribution in [3.8, 4) is 11.4 Å². The molecule has 0 fully saturated rings. The zero-order valence-electron chi connectivity index (χ0n) is 9.75. The smallest absolute Gasteiger partial charge is 0.335 e. The summed E-state index contributed by atoms with van der Waals surface area (Å²) in [5.41, 5.74) is 2.11. The average molecular weight is 317 g/mol. The Labute approximate surface area is 117 Å². The minimum atomic E-state index is -0.930. The molecule has 0 amide bonds. The molecule has 4 nitrogen and oxygen atoms in total. The van der Waals surface area contributed by atoms with Crippen LogP contribution in [0, 0.1) is 0 Å². The van der Waals surface area contributed by atoms with Gasteiger partial charge in [0.05, 0.1) is 11.1 Å². The first-order chi connectivity index (χ1) is 9.16. The van der Waals surface area contributed by atoms with Gasteiger partial charge in [-0.2, -0.15) is 0 Å². The number of fused-ring (bicyclic) bond motifs is 1. The number of aromatic carboxylic acids is 1. The van der Waals surface area contributed by atoms with E-state index in [-0.39, 0.29) is 5.56 Å². The summed E-state index contributed by atoms with van der Waals surface area (Å²) in [5, 5.41) is 8.89. The van der Waals surface area contributed by atoms with Crippen molar-refractivity contribution in [2.45, 2.75) is 0 Å². The second-order valence-corrected chi connectivity index (χ2v) is 4.82. The van der Waals surface area contributed by atoms with E-state index < -0.39 is 5.97 Å². The van der Waals surface area contributed by atoms with E-state index in [0.29, 0.717) is 0 Å². The van der Waals surface area contributed by atoms with Crippen molar-refractivity contribution in [1.29, 1.82) is 0 Å². The quantitative estimate of drug-likeness (QED) is 0.787. The average Bonchev–Trinajstić information content (AvgIpc) is 2.77. The van der Waals surface area contributed by atoms with E-state index in [9.17, 15) is 4.79 Å². The van der Waals surface area contributed by atoms with Gasteiger partial charge >= 0.3 is 5.97 Å². The Balaban J connectivity index is 2.16. The van der Waals surface area contributed by atoms with Crippen LogP contribution < -0.4 is 0 Å². The standard InChI is InChI=1S/C14H9BrN2O2/c15-12-11-3-1-2-8-17(11)13(16-12)9-4-6-10(7-5-9)14(18)19/h1-8H,(H,18,19). The summed E-state index contributed by atoms with van der Waals surface area (Å²) >= 11 is 3.43. The number of hydrogen-bond acceptors (Lipinski definition) is 2. The third kappa shape index (κ3) is 2.02. The third-order valence-electron chi connectivity index (χ3n) is 2.89. The summed E-state index contributed by atoms with van der Waals surface area (Å²) in [5.74, 6) is -0.153. The molecule has 0 aliphatic carbocycles. The monoisotopic (exact) mass is 316 g/mol. The first-order valence-corrected chi connectivity index (χ1v) is 6.42. The molecule has 5 heteroatoms. The van der Waals surface area contributed by atoms with Crippen LogP contribution in [0.4, 0.5) is 0 Å². The van der Waals surface area contributed by atoms with Crippen molar-refractivity contribution in [1.82, 2.24) is 9.38 Å². The number of nitrogens with zero attached hydrogens (tertiary/aromatic N) is 2. The first kappa shape index (κ1) is 11.9. The molecule has 2 aromatic heterocycles. The van der Waals surface area contributed by atoms with Crippen LogP contribution in [-0.2, 0) is 0 Å². The molecule has 0 saturated heterocycles.